The number of rotatable bonds is 10. The molecule has 0 aliphatic rings. The number of hydrogen-bond donors (Lipinski definition) is 2. The largest absolute Gasteiger partial charge is 0.488 e. The number of nitro benzene ring substituents is 1. The van der Waals surface area contributed by atoms with Crippen LogP contribution in [-0.2, 0) is 9.59 Å². The first-order valence-electron chi connectivity index (χ1n) is 11.8. The fraction of sp³-hybridized carbons (Fsp3) is 0.143. The van der Waals surface area contributed by atoms with Crippen molar-refractivity contribution in [2.75, 3.05) is 26.1 Å². The van der Waals surface area contributed by atoms with Gasteiger partial charge in [0.1, 0.15) is 5.70 Å². The van der Waals surface area contributed by atoms with Gasteiger partial charge in [-0.05, 0) is 48.0 Å². The summed E-state index contributed by atoms with van der Waals surface area (Å²) in [5.41, 5.74) is 3.53. The second-order valence-corrected chi connectivity index (χ2v) is 8.45. The van der Waals surface area contributed by atoms with Gasteiger partial charge in [0, 0.05) is 32.3 Å². The Bertz CT molecular complexity index is 1470. The zero-order valence-corrected chi connectivity index (χ0v) is 22.2. The molecule has 0 aliphatic carbocycles. The molecule has 3 aromatic rings. The van der Waals surface area contributed by atoms with E-state index in [-0.39, 0.29) is 22.8 Å². The van der Waals surface area contributed by atoms with Gasteiger partial charge >= 0.3 is 11.7 Å². The van der Waals surface area contributed by atoms with E-state index in [1.54, 1.807) is 42.5 Å². The molecule has 206 valence electrons. The Morgan fingerprint density at radius 2 is 1.68 bits per heavy atom. The third kappa shape index (κ3) is 7.51. The molecule has 12 heteroatoms. The highest BCUT2D eigenvalue weighted by atomic mass is 16.6. The molecule has 0 saturated carbocycles. The highest BCUT2D eigenvalue weighted by Crippen LogP contribution is 2.39. The van der Waals surface area contributed by atoms with E-state index in [0.717, 1.165) is 18.8 Å². The van der Waals surface area contributed by atoms with Crippen LogP contribution in [0, 0.1) is 10.1 Å². The van der Waals surface area contributed by atoms with E-state index >= 15 is 0 Å². The Morgan fingerprint density at radius 3 is 2.25 bits per heavy atom. The molecular formula is C28H27N5O7. The van der Waals surface area contributed by atoms with Crippen molar-refractivity contribution in [1.29, 1.82) is 0 Å². The average molecular weight is 546 g/mol. The summed E-state index contributed by atoms with van der Waals surface area (Å²) in [6, 6.07) is 18.2. The highest BCUT2D eigenvalue weighted by Gasteiger charge is 2.25. The Balaban J connectivity index is 1.90. The number of methoxy groups -OCH3 is 1. The summed E-state index contributed by atoms with van der Waals surface area (Å²) in [5, 5.41) is 18.2. The number of benzene rings is 3. The maximum atomic E-state index is 13.1. The van der Waals surface area contributed by atoms with Crippen LogP contribution in [0.2, 0.25) is 0 Å². The van der Waals surface area contributed by atoms with Crippen molar-refractivity contribution in [2.45, 2.75) is 6.92 Å². The van der Waals surface area contributed by atoms with Gasteiger partial charge in [-0.3, -0.25) is 24.5 Å². The molecule has 2 N–H and O–H groups in total. The number of amides is 2. The zero-order valence-electron chi connectivity index (χ0n) is 22.2. The van der Waals surface area contributed by atoms with E-state index in [9.17, 15) is 24.5 Å². The van der Waals surface area contributed by atoms with Crippen LogP contribution in [0.3, 0.4) is 0 Å². The van der Waals surface area contributed by atoms with Gasteiger partial charge in [0.05, 0.1) is 23.8 Å². The topological polar surface area (TPSA) is 152 Å². The summed E-state index contributed by atoms with van der Waals surface area (Å²) < 4.78 is 10.1. The lowest BCUT2D eigenvalue weighted by atomic mass is 10.1. The Morgan fingerprint density at radius 1 is 1.00 bits per heavy atom. The van der Waals surface area contributed by atoms with Gasteiger partial charge in [-0.25, -0.2) is 5.43 Å². The number of hydrazone groups is 1. The van der Waals surface area contributed by atoms with Crippen LogP contribution in [0.5, 0.6) is 11.5 Å². The van der Waals surface area contributed by atoms with Gasteiger partial charge in [-0.2, -0.15) is 5.10 Å². The van der Waals surface area contributed by atoms with Gasteiger partial charge in [0.15, 0.2) is 5.75 Å². The molecule has 0 spiro atoms. The smallest absolute Gasteiger partial charge is 0.323 e. The third-order valence-electron chi connectivity index (χ3n) is 5.39. The molecule has 0 unspecified atom stereocenters. The second-order valence-electron chi connectivity index (χ2n) is 8.45. The number of nitrogens with one attached hydrogen (secondary N) is 2. The molecule has 0 radical (unpaired) electrons. The molecule has 40 heavy (non-hydrogen) atoms. The van der Waals surface area contributed by atoms with E-state index in [0.29, 0.717) is 11.1 Å². The summed E-state index contributed by atoms with van der Waals surface area (Å²) in [6.45, 7) is 1.15. The van der Waals surface area contributed by atoms with Crippen molar-refractivity contribution in [3.63, 3.8) is 0 Å². The quantitative estimate of drug-likeness (QED) is 0.0980. The minimum Gasteiger partial charge on any atom is -0.488 e. The fourth-order valence-electron chi connectivity index (χ4n) is 3.49. The Hall–Kier alpha value is -5.52. The summed E-state index contributed by atoms with van der Waals surface area (Å²) in [4.78, 5) is 50.1. The van der Waals surface area contributed by atoms with Crippen LogP contribution >= 0.6 is 0 Å². The predicted octanol–water partition coefficient (Wildman–Crippen LogP) is 3.52. The van der Waals surface area contributed by atoms with Crippen LogP contribution in [-0.4, -0.2) is 50.1 Å². The third-order valence-corrected chi connectivity index (χ3v) is 5.39. The molecule has 2 amide bonds. The summed E-state index contributed by atoms with van der Waals surface area (Å²) in [7, 11) is 4.98. The standard InChI is InChI=1S/C28H27N5O7/c1-18(34)40-24-15-12-21(25(33(37)38)26(24)39-4)17-29-31-28(36)23(30-27(35)20-8-6-5-7-9-20)16-19-10-13-22(14-11-19)32(2)3/h5-17H,1-4H3,(H,30,35)(H,31,36). The summed E-state index contributed by atoms with van der Waals surface area (Å²) in [5.74, 6) is -2.40. The van der Waals surface area contributed by atoms with Crippen LogP contribution in [0.1, 0.15) is 28.4 Å². The van der Waals surface area contributed by atoms with Crippen LogP contribution in [0.25, 0.3) is 6.08 Å². The van der Waals surface area contributed by atoms with E-state index in [2.05, 4.69) is 15.8 Å². The molecule has 0 atom stereocenters. The normalized spacial score (nSPS) is 11.1. The lowest BCUT2D eigenvalue weighted by Gasteiger charge is -2.13. The van der Waals surface area contributed by atoms with Crippen molar-refractivity contribution in [3.8, 4) is 11.5 Å². The van der Waals surface area contributed by atoms with Crippen molar-refractivity contribution >= 4 is 41.4 Å². The zero-order chi connectivity index (χ0) is 29.2. The molecule has 3 aromatic carbocycles. The van der Waals surface area contributed by atoms with Crippen LogP contribution < -0.4 is 25.1 Å². The number of anilines is 1. The first-order chi connectivity index (χ1) is 19.1. The molecule has 3 rings (SSSR count). The number of esters is 1. The lowest BCUT2D eigenvalue weighted by molar-refractivity contribution is -0.385. The van der Waals surface area contributed by atoms with E-state index in [4.69, 9.17) is 9.47 Å². The monoisotopic (exact) mass is 545 g/mol. The van der Waals surface area contributed by atoms with Crippen molar-refractivity contribution in [1.82, 2.24) is 10.7 Å². The first kappa shape index (κ1) is 29.0. The minimum absolute atomic E-state index is 0.0313. The van der Waals surface area contributed by atoms with Crippen molar-refractivity contribution in [2.24, 2.45) is 5.10 Å². The van der Waals surface area contributed by atoms with Crippen LogP contribution in [0.15, 0.2) is 77.5 Å². The van der Waals surface area contributed by atoms with Gasteiger partial charge in [-0.15, -0.1) is 0 Å². The highest BCUT2D eigenvalue weighted by molar-refractivity contribution is 6.05. The van der Waals surface area contributed by atoms with Gasteiger partial charge < -0.3 is 19.7 Å². The number of carbonyl (C=O) groups excluding carboxylic acids is 3. The molecule has 0 aliphatic heterocycles. The maximum absolute atomic E-state index is 13.1. The van der Waals surface area contributed by atoms with E-state index < -0.39 is 28.4 Å². The summed E-state index contributed by atoms with van der Waals surface area (Å²) in [6.07, 6.45) is 2.52. The molecule has 0 fully saturated rings. The molecular weight excluding hydrogens is 518 g/mol. The van der Waals surface area contributed by atoms with E-state index in [1.807, 2.05) is 31.1 Å². The van der Waals surface area contributed by atoms with Crippen molar-refractivity contribution in [3.05, 3.63) is 99.2 Å². The fourth-order valence-corrected chi connectivity index (χ4v) is 3.49. The number of ether oxygens (including phenoxy) is 2. The lowest BCUT2D eigenvalue weighted by Crippen LogP contribution is -2.32. The summed E-state index contributed by atoms with van der Waals surface area (Å²) >= 11 is 0. The van der Waals surface area contributed by atoms with Gasteiger partial charge in [0.2, 0.25) is 5.75 Å². The Kier molecular flexibility index (Phi) is 9.68. The minimum atomic E-state index is -0.775. The molecule has 0 aromatic heterocycles. The second kappa shape index (κ2) is 13.3. The number of nitro groups is 1. The Labute approximate surface area is 230 Å². The maximum Gasteiger partial charge on any atom is 0.323 e. The van der Waals surface area contributed by atoms with Crippen LogP contribution in [0.4, 0.5) is 11.4 Å². The average Bonchev–Trinajstić information content (AvgIpc) is 2.93. The number of nitrogens with zero attached hydrogens (tertiary/aromatic N) is 3. The predicted molar refractivity (Wildman–Crippen MR) is 149 cm³/mol. The molecule has 0 saturated heterocycles. The van der Waals surface area contributed by atoms with Gasteiger partial charge in [0.25, 0.3) is 11.8 Å². The van der Waals surface area contributed by atoms with Gasteiger partial charge in [-0.1, -0.05) is 30.3 Å². The molecule has 0 heterocycles. The molecule has 0 bridgehead atoms. The SMILES string of the molecule is COc1c(OC(C)=O)ccc(C=NNC(=O)C(=Cc2ccc(N(C)C)cc2)NC(=O)c2ccccc2)c1[N+](=O)[O-]. The first-order valence-corrected chi connectivity index (χ1v) is 11.8. The van der Waals surface area contributed by atoms with Crippen molar-refractivity contribution < 1.29 is 28.8 Å². The molecule has 12 nitrogen and oxygen atoms in total. The number of carbonyl (C=O) groups is 3. The number of hydrogen-bond acceptors (Lipinski definition) is 9. The van der Waals surface area contributed by atoms with E-state index in [1.165, 1.54) is 25.3 Å².